The van der Waals surface area contributed by atoms with Gasteiger partial charge in [-0.2, -0.15) is 0 Å². The molecule has 6 heteroatoms. The minimum absolute atomic E-state index is 0.0150. The van der Waals surface area contributed by atoms with Gasteiger partial charge in [-0.05, 0) is 62.2 Å². The lowest BCUT2D eigenvalue weighted by Crippen LogP contribution is -2.22. The Kier molecular flexibility index (Phi) is 7.87. The van der Waals surface area contributed by atoms with Crippen LogP contribution in [0.1, 0.15) is 39.7 Å². The summed E-state index contributed by atoms with van der Waals surface area (Å²) < 4.78 is 5.62. The van der Waals surface area contributed by atoms with Crippen LogP contribution in [0.5, 0.6) is 5.75 Å². The number of rotatable bonds is 8. The maximum absolute atomic E-state index is 12.0. The van der Waals surface area contributed by atoms with Gasteiger partial charge in [-0.1, -0.05) is 26.0 Å². The van der Waals surface area contributed by atoms with Crippen molar-refractivity contribution in [2.75, 3.05) is 10.6 Å². The number of amides is 1. The standard InChI is InChI=1S/C22H30N4O2/c1-5-16(4)21(27)25-19-8-6-7-17(13-19)14-24-22(23)26-18-9-11-20(12-10-18)28-15(2)3/h6-13,15-16H,5,14H2,1-4H3,(H,25,27)(H3,23,24,26). The van der Waals surface area contributed by atoms with E-state index in [4.69, 9.17) is 10.5 Å². The maximum atomic E-state index is 12.0. The fourth-order valence-electron chi connectivity index (χ4n) is 2.45. The average Bonchev–Trinajstić information content (AvgIpc) is 2.67. The van der Waals surface area contributed by atoms with Crippen LogP contribution in [0.4, 0.5) is 11.4 Å². The van der Waals surface area contributed by atoms with E-state index in [1.165, 1.54) is 0 Å². The lowest BCUT2D eigenvalue weighted by Gasteiger charge is -2.11. The zero-order valence-corrected chi connectivity index (χ0v) is 17.0. The fraction of sp³-hybridized carbons (Fsp3) is 0.364. The topological polar surface area (TPSA) is 88.7 Å². The second kappa shape index (κ2) is 10.3. The minimum atomic E-state index is -0.0150. The molecular formula is C22H30N4O2. The van der Waals surface area contributed by atoms with Gasteiger partial charge in [-0.25, -0.2) is 4.99 Å². The first-order valence-corrected chi connectivity index (χ1v) is 9.60. The van der Waals surface area contributed by atoms with Crippen molar-refractivity contribution in [3.63, 3.8) is 0 Å². The summed E-state index contributed by atoms with van der Waals surface area (Å²) in [4.78, 5) is 16.4. The van der Waals surface area contributed by atoms with E-state index in [0.717, 1.165) is 29.1 Å². The Morgan fingerprint density at radius 2 is 1.79 bits per heavy atom. The van der Waals surface area contributed by atoms with E-state index < -0.39 is 0 Å². The first kappa shape index (κ1) is 21.3. The van der Waals surface area contributed by atoms with Crippen LogP contribution < -0.4 is 21.1 Å². The molecule has 0 fully saturated rings. The summed E-state index contributed by atoms with van der Waals surface area (Å²) in [6.07, 6.45) is 0.943. The molecule has 0 saturated heterocycles. The third-order valence-electron chi connectivity index (χ3n) is 4.18. The van der Waals surface area contributed by atoms with Crippen LogP contribution >= 0.6 is 0 Å². The SMILES string of the molecule is CCC(C)C(=O)Nc1cccc(CN=C(N)Nc2ccc(OC(C)C)cc2)c1. The minimum Gasteiger partial charge on any atom is -0.491 e. The highest BCUT2D eigenvalue weighted by molar-refractivity contribution is 5.93. The molecule has 1 amide bonds. The Labute approximate surface area is 167 Å². The van der Waals surface area contributed by atoms with E-state index in [0.29, 0.717) is 12.5 Å². The Hall–Kier alpha value is -3.02. The van der Waals surface area contributed by atoms with E-state index in [9.17, 15) is 4.79 Å². The van der Waals surface area contributed by atoms with E-state index in [1.807, 2.05) is 76.2 Å². The number of nitrogens with two attached hydrogens (primary N) is 1. The largest absolute Gasteiger partial charge is 0.491 e. The van der Waals surface area contributed by atoms with E-state index in [-0.39, 0.29) is 17.9 Å². The van der Waals surface area contributed by atoms with Crippen LogP contribution in [-0.2, 0) is 11.3 Å². The van der Waals surface area contributed by atoms with Gasteiger partial charge in [0.1, 0.15) is 5.75 Å². The number of aliphatic imine (C=N–C) groups is 1. The molecule has 0 aliphatic carbocycles. The van der Waals surface area contributed by atoms with Crippen molar-refractivity contribution >= 4 is 23.2 Å². The highest BCUT2D eigenvalue weighted by atomic mass is 16.5. The molecule has 150 valence electrons. The zero-order valence-electron chi connectivity index (χ0n) is 17.0. The quantitative estimate of drug-likeness (QED) is 0.467. The molecular weight excluding hydrogens is 352 g/mol. The number of carbonyl (C=O) groups is 1. The molecule has 1 atom stereocenters. The third-order valence-corrected chi connectivity index (χ3v) is 4.18. The number of nitrogens with zero attached hydrogens (tertiary/aromatic N) is 1. The van der Waals surface area contributed by atoms with Crippen molar-refractivity contribution in [1.29, 1.82) is 0 Å². The molecule has 2 rings (SSSR count). The molecule has 1 unspecified atom stereocenters. The summed E-state index contributed by atoms with van der Waals surface area (Å²) in [5.41, 5.74) is 8.56. The number of anilines is 2. The molecule has 0 aliphatic rings. The van der Waals surface area contributed by atoms with Gasteiger partial charge in [0.25, 0.3) is 0 Å². The summed E-state index contributed by atoms with van der Waals surface area (Å²) in [6.45, 7) is 8.30. The summed E-state index contributed by atoms with van der Waals surface area (Å²) in [6, 6.07) is 15.2. The monoisotopic (exact) mass is 382 g/mol. The molecule has 2 aromatic carbocycles. The first-order chi connectivity index (χ1) is 13.4. The predicted octanol–water partition coefficient (Wildman–Crippen LogP) is 4.39. The van der Waals surface area contributed by atoms with Crippen molar-refractivity contribution in [3.8, 4) is 5.75 Å². The Bertz CT molecular complexity index is 800. The second-order valence-corrected chi connectivity index (χ2v) is 7.02. The number of guanidine groups is 1. The Morgan fingerprint density at radius 1 is 1.07 bits per heavy atom. The van der Waals surface area contributed by atoms with Gasteiger partial charge < -0.3 is 21.1 Å². The highest BCUT2D eigenvalue weighted by Gasteiger charge is 2.10. The van der Waals surface area contributed by atoms with Gasteiger partial charge in [-0.3, -0.25) is 4.79 Å². The number of ether oxygens (including phenoxy) is 1. The predicted molar refractivity (Wildman–Crippen MR) is 116 cm³/mol. The molecule has 4 N–H and O–H groups in total. The summed E-state index contributed by atoms with van der Waals surface area (Å²) in [7, 11) is 0. The van der Waals surface area contributed by atoms with Gasteiger partial charge >= 0.3 is 0 Å². The number of hydrogen-bond acceptors (Lipinski definition) is 3. The molecule has 2 aromatic rings. The Morgan fingerprint density at radius 3 is 2.43 bits per heavy atom. The van der Waals surface area contributed by atoms with Gasteiger partial charge in [0.2, 0.25) is 5.91 Å². The van der Waals surface area contributed by atoms with Crippen molar-refractivity contribution in [3.05, 3.63) is 54.1 Å². The maximum Gasteiger partial charge on any atom is 0.227 e. The Balaban J connectivity index is 1.93. The first-order valence-electron chi connectivity index (χ1n) is 9.60. The molecule has 28 heavy (non-hydrogen) atoms. The smallest absolute Gasteiger partial charge is 0.227 e. The van der Waals surface area contributed by atoms with Gasteiger partial charge in [-0.15, -0.1) is 0 Å². The summed E-state index contributed by atoms with van der Waals surface area (Å²) in [5, 5.41) is 6.00. The third kappa shape index (κ3) is 6.95. The van der Waals surface area contributed by atoms with Crippen LogP contribution in [0.2, 0.25) is 0 Å². The molecule has 0 aromatic heterocycles. The molecule has 0 bridgehead atoms. The van der Waals surface area contributed by atoms with Crippen molar-refractivity contribution in [1.82, 2.24) is 0 Å². The molecule has 0 heterocycles. The summed E-state index contributed by atoms with van der Waals surface area (Å²) in [5.74, 6) is 1.15. The van der Waals surface area contributed by atoms with Crippen molar-refractivity contribution < 1.29 is 9.53 Å². The van der Waals surface area contributed by atoms with E-state index >= 15 is 0 Å². The average molecular weight is 383 g/mol. The van der Waals surface area contributed by atoms with Gasteiger partial charge in [0, 0.05) is 17.3 Å². The van der Waals surface area contributed by atoms with E-state index in [1.54, 1.807) is 0 Å². The van der Waals surface area contributed by atoms with Crippen molar-refractivity contribution in [2.45, 2.75) is 46.8 Å². The van der Waals surface area contributed by atoms with Crippen LogP contribution in [0.25, 0.3) is 0 Å². The molecule has 0 radical (unpaired) electrons. The van der Waals surface area contributed by atoms with Crippen molar-refractivity contribution in [2.24, 2.45) is 16.6 Å². The highest BCUT2D eigenvalue weighted by Crippen LogP contribution is 2.17. The normalized spacial score (nSPS) is 12.5. The van der Waals surface area contributed by atoms with Crippen LogP contribution in [0, 0.1) is 5.92 Å². The van der Waals surface area contributed by atoms with Gasteiger partial charge in [0.15, 0.2) is 5.96 Å². The zero-order chi connectivity index (χ0) is 20.5. The second-order valence-electron chi connectivity index (χ2n) is 7.02. The molecule has 0 saturated carbocycles. The van der Waals surface area contributed by atoms with Crippen LogP contribution in [0.3, 0.4) is 0 Å². The van der Waals surface area contributed by atoms with Crippen LogP contribution in [0.15, 0.2) is 53.5 Å². The molecule has 6 nitrogen and oxygen atoms in total. The number of nitrogens with one attached hydrogen (secondary N) is 2. The fourth-order valence-corrected chi connectivity index (χ4v) is 2.45. The van der Waals surface area contributed by atoms with Gasteiger partial charge in [0.05, 0.1) is 12.6 Å². The lowest BCUT2D eigenvalue weighted by molar-refractivity contribution is -0.119. The number of benzene rings is 2. The number of carbonyl (C=O) groups excluding carboxylic acids is 1. The number of hydrogen-bond donors (Lipinski definition) is 3. The lowest BCUT2D eigenvalue weighted by atomic mass is 10.1. The van der Waals surface area contributed by atoms with Crippen LogP contribution in [-0.4, -0.2) is 18.0 Å². The molecule has 0 aliphatic heterocycles. The van der Waals surface area contributed by atoms with E-state index in [2.05, 4.69) is 15.6 Å². The molecule has 0 spiro atoms. The summed E-state index contributed by atoms with van der Waals surface area (Å²) >= 11 is 0.